The minimum absolute atomic E-state index is 0.108. The maximum absolute atomic E-state index is 12.8. The van der Waals surface area contributed by atoms with E-state index in [1.807, 2.05) is 29.9 Å². The summed E-state index contributed by atoms with van der Waals surface area (Å²) in [6.07, 6.45) is -1.74. The molecule has 0 bridgehead atoms. The number of carbonyl (C=O) groups excluding carboxylic acids is 2. The number of piperidine rings is 1. The number of rotatable bonds is 7. The third-order valence-electron chi connectivity index (χ3n) is 5.78. The average Bonchev–Trinajstić information content (AvgIpc) is 3.17. The third-order valence-corrected chi connectivity index (χ3v) is 7.69. The number of benzene rings is 1. The highest BCUT2D eigenvalue weighted by Gasteiger charge is 2.33. The van der Waals surface area contributed by atoms with Crippen molar-refractivity contribution < 1.29 is 31.2 Å². The summed E-state index contributed by atoms with van der Waals surface area (Å²) in [5, 5.41) is 5.54. The van der Waals surface area contributed by atoms with E-state index in [4.69, 9.17) is 0 Å². The van der Waals surface area contributed by atoms with Crippen molar-refractivity contribution in [1.29, 1.82) is 0 Å². The number of hydrogen-bond donors (Lipinski definition) is 2. The molecule has 34 heavy (non-hydrogen) atoms. The van der Waals surface area contributed by atoms with E-state index < -0.39 is 27.8 Å². The Hall–Kier alpha value is -2.86. The smallest absolute Gasteiger partial charge is 0.354 e. The van der Waals surface area contributed by atoms with Crippen LogP contribution < -0.4 is 10.6 Å². The van der Waals surface area contributed by atoms with Gasteiger partial charge in [-0.25, -0.2) is 8.42 Å². The lowest BCUT2D eigenvalue weighted by Gasteiger charge is -2.32. The van der Waals surface area contributed by atoms with Crippen LogP contribution in [0, 0.1) is 0 Å². The van der Waals surface area contributed by atoms with Crippen LogP contribution in [-0.4, -0.2) is 54.3 Å². The highest BCUT2D eigenvalue weighted by molar-refractivity contribution is 7.89. The molecule has 12 heteroatoms. The van der Waals surface area contributed by atoms with Gasteiger partial charge in [0, 0.05) is 51.4 Å². The predicted molar refractivity (Wildman–Crippen MR) is 118 cm³/mol. The van der Waals surface area contributed by atoms with Gasteiger partial charge in [0.15, 0.2) is 0 Å². The Balaban J connectivity index is 1.60. The second-order valence-corrected chi connectivity index (χ2v) is 10.2. The molecule has 2 aromatic rings. The van der Waals surface area contributed by atoms with E-state index in [1.54, 1.807) is 0 Å². The van der Waals surface area contributed by atoms with Gasteiger partial charge in [-0.2, -0.15) is 17.5 Å². The number of nitrogens with one attached hydrogen (secondary N) is 2. The van der Waals surface area contributed by atoms with Crippen molar-refractivity contribution in [2.45, 2.75) is 49.3 Å². The van der Waals surface area contributed by atoms with Crippen molar-refractivity contribution in [3.63, 3.8) is 0 Å². The van der Waals surface area contributed by atoms with Crippen LogP contribution in [0.1, 0.15) is 31.0 Å². The Kier molecular flexibility index (Phi) is 7.71. The van der Waals surface area contributed by atoms with Crippen molar-refractivity contribution in [2.24, 2.45) is 7.05 Å². The number of carbonyl (C=O) groups is 2. The number of aryl methyl sites for hydroxylation is 1. The molecule has 1 atom stereocenters. The van der Waals surface area contributed by atoms with Gasteiger partial charge in [0.2, 0.25) is 21.8 Å². The van der Waals surface area contributed by atoms with Crippen LogP contribution in [0.2, 0.25) is 0 Å². The largest absolute Gasteiger partial charge is 0.416 e. The molecule has 1 aromatic carbocycles. The first-order valence-electron chi connectivity index (χ1n) is 10.7. The summed E-state index contributed by atoms with van der Waals surface area (Å²) >= 11 is 0. The van der Waals surface area contributed by atoms with Crippen molar-refractivity contribution in [2.75, 3.05) is 13.1 Å². The van der Waals surface area contributed by atoms with E-state index in [9.17, 15) is 31.2 Å². The molecule has 0 radical (unpaired) electrons. The number of halogens is 3. The molecule has 0 unspecified atom stereocenters. The fraction of sp³-hybridized carbons (Fsp3) is 0.455. The number of alkyl halides is 3. The van der Waals surface area contributed by atoms with Gasteiger partial charge in [-0.1, -0.05) is 0 Å². The van der Waals surface area contributed by atoms with E-state index >= 15 is 0 Å². The fourth-order valence-electron chi connectivity index (χ4n) is 3.88. The number of hydrogen-bond acceptors (Lipinski definition) is 4. The third kappa shape index (κ3) is 6.17. The predicted octanol–water partition coefficient (Wildman–Crippen LogP) is 2.06. The molecule has 0 saturated carbocycles. The number of aromatic nitrogens is 1. The van der Waals surface area contributed by atoms with Gasteiger partial charge in [-0.05, 0) is 49.2 Å². The normalized spacial score (nSPS) is 16.7. The van der Waals surface area contributed by atoms with Gasteiger partial charge in [-0.3, -0.25) is 9.59 Å². The van der Waals surface area contributed by atoms with E-state index in [0.717, 1.165) is 30.0 Å². The standard InChI is InChI=1S/C22H27F3N4O4S/c1-15(30)26-20(14-18-4-3-11-28(18)2)21(31)27-17-9-12-29(13-10-17)34(32,33)19-7-5-16(6-8-19)22(23,24)25/h3-8,11,17,20H,9-10,12-14H2,1-2H3,(H,26,30)(H,27,31)/t20-/m0/s1. The van der Waals surface area contributed by atoms with Gasteiger partial charge in [0.05, 0.1) is 10.5 Å². The molecule has 1 fully saturated rings. The summed E-state index contributed by atoms with van der Waals surface area (Å²) in [6, 6.07) is 6.01. The molecule has 8 nitrogen and oxygen atoms in total. The zero-order chi connectivity index (χ0) is 25.1. The Morgan fingerprint density at radius 3 is 2.24 bits per heavy atom. The second kappa shape index (κ2) is 10.2. The average molecular weight is 501 g/mol. The Morgan fingerprint density at radius 2 is 1.74 bits per heavy atom. The summed E-state index contributed by atoms with van der Waals surface area (Å²) in [5.41, 5.74) is -0.0525. The van der Waals surface area contributed by atoms with Gasteiger partial charge in [0.1, 0.15) is 6.04 Å². The maximum atomic E-state index is 12.8. The lowest BCUT2D eigenvalue weighted by molar-refractivity contribution is -0.137. The summed E-state index contributed by atoms with van der Waals surface area (Å²) in [5.74, 6) is -0.702. The zero-order valence-electron chi connectivity index (χ0n) is 18.8. The molecule has 1 aliphatic heterocycles. The first kappa shape index (κ1) is 25.8. The maximum Gasteiger partial charge on any atom is 0.416 e. The fourth-order valence-corrected chi connectivity index (χ4v) is 5.35. The Bertz CT molecular complexity index is 1120. The SMILES string of the molecule is CC(=O)N[C@@H](Cc1cccn1C)C(=O)NC1CCN(S(=O)(=O)c2ccc(C(F)(F)F)cc2)CC1. The van der Waals surface area contributed by atoms with E-state index in [2.05, 4.69) is 10.6 Å². The van der Waals surface area contributed by atoms with Crippen LogP contribution in [0.3, 0.4) is 0 Å². The summed E-state index contributed by atoms with van der Waals surface area (Å²) in [6.45, 7) is 1.55. The lowest BCUT2D eigenvalue weighted by atomic mass is 10.0. The number of nitrogens with zero attached hydrogens (tertiary/aromatic N) is 2. The van der Waals surface area contributed by atoms with E-state index in [1.165, 1.54) is 11.2 Å². The van der Waals surface area contributed by atoms with Crippen molar-refractivity contribution in [1.82, 2.24) is 19.5 Å². The van der Waals surface area contributed by atoms with Crippen LogP contribution in [-0.2, 0) is 39.3 Å². The molecule has 186 valence electrons. The molecule has 0 spiro atoms. The highest BCUT2D eigenvalue weighted by atomic mass is 32.2. The molecule has 1 aliphatic rings. The van der Waals surface area contributed by atoms with Crippen molar-refractivity contribution in [3.8, 4) is 0 Å². The quantitative estimate of drug-likeness (QED) is 0.608. The summed E-state index contributed by atoms with van der Waals surface area (Å²) < 4.78 is 67.0. The molecule has 1 saturated heterocycles. The van der Waals surface area contributed by atoms with Crippen molar-refractivity contribution in [3.05, 3.63) is 53.9 Å². The lowest BCUT2D eigenvalue weighted by Crippen LogP contribution is -2.53. The molecule has 1 aromatic heterocycles. The molecule has 0 aliphatic carbocycles. The molecule has 3 rings (SSSR count). The Labute approximate surface area is 196 Å². The molecule has 2 heterocycles. The van der Waals surface area contributed by atoms with Gasteiger partial charge >= 0.3 is 6.18 Å². The van der Waals surface area contributed by atoms with Crippen LogP contribution in [0.15, 0.2) is 47.5 Å². The first-order valence-corrected chi connectivity index (χ1v) is 12.2. The minimum atomic E-state index is -4.55. The molecular formula is C22H27F3N4O4S. The molecular weight excluding hydrogens is 473 g/mol. The van der Waals surface area contributed by atoms with Gasteiger partial charge in [-0.15, -0.1) is 0 Å². The Morgan fingerprint density at radius 1 is 1.12 bits per heavy atom. The van der Waals surface area contributed by atoms with Gasteiger partial charge in [0.25, 0.3) is 0 Å². The second-order valence-electron chi connectivity index (χ2n) is 8.28. The summed E-state index contributed by atoms with van der Waals surface area (Å²) in [4.78, 5) is 24.2. The van der Waals surface area contributed by atoms with E-state index in [0.29, 0.717) is 19.3 Å². The van der Waals surface area contributed by atoms with Crippen LogP contribution in [0.25, 0.3) is 0 Å². The molecule has 2 N–H and O–H groups in total. The highest BCUT2D eigenvalue weighted by Crippen LogP contribution is 2.30. The van der Waals surface area contributed by atoms with Crippen LogP contribution in [0.4, 0.5) is 13.2 Å². The van der Waals surface area contributed by atoms with Crippen LogP contribution >= 0.6 is 0 Å². The van der Waals surface area contributed by atoms with E-state index in [-0.39, 0.29) is 35.8 Å². The zero-order valence-corrected chi connectivity index (χ0v) is 19.6. The summed E-state index contributed by atoms with van der Waals surface area (Å²) in [7, 11) is -2.12. The number of sulfonamides is 1. The number of amides is 2. The monoisotopic (exact) mass is 500 g/mol. The van der Waals surface area contributed by atoms with Gasteiger partial charge < -0.3 is 15.2 Å². The first-order chi connectivity index (χ1) is 15.9. The molecule has 2 amide bonds. The van der Waals surface area contributed by atoms with Crippen LogP contribution in [0.5, 0.6) is 0 Å². The van der Waals surface area contributed by atoms with Crippen molar-refractivity contribution >= 4 is 21.8 Å². The minimum Gasteiger partial charge on any atom is -0.354 e. The topological polar surface area (TPSA) is 101 Å².